The van der Waals surface area contributed by atoms with Gasteiger partial charge in [-0.1, -0.05) is 152 Å². The molecule has 0 amide bonds. The zero-order valence-electron chi connectivity index (χ0n) is 34.2. The fraction of sp³-hybridized carbons (Fsp3) is 0.0877. The van der Waals surface area contributed by atoms with Gasteiger partial charge in [0, 0.05) is 57.7 Å². The topological polar surface area (TPSA) is 29.5 Å². The Morgan fingerprint density at radius 1 is 0.650 bits per heavy atom. The first-order valence-electron chi connectivity index (χ1n) is 20.8. The molecule has 7 aromatic carbocycles. The number of hydrogen-bond donors (Lipinski definition) is 0. The molecule has 2 aromatic heterocycles. The molecule has 0 spiro atoms. The van der Waals surface area contributed by atoms with Gasteiger partial charge in [-0.25, -0.2) is 0 Å². The average Bonchev–Trinajstić information content (AvgIpc) is 3.79. The van der Waals surface area contributed by atoms with E-state index in [1.54, 1.807) is 0 Å². The van der Waals surface area contributed by atoms with E-state index >= 15 is 0 Å². The van der Waals surface area contributed by atoms with E-state index in [0.717, 1.165) is 73.2 Å². The molecule has 0 saturated heterocycles. The van der Waals surface area contributed by atoms with Crippen LogP contribution in [0.1, 0.15) is 43.2 Å². The van der Waals surface area contributed by atoms with E-state index in [-0.39, 0.29) is 0 Å². The molecule has 0 radical (unpaired) electrons. The number of benzene rings is 7. The monoisotopic (exact) mass is 775 g/mol. The molecular weight excluding hydrogens is 731 g/mol. The summed E-state index contributed by atoms with van der Waals surface area (Å²) in [6.45, 7) is 7.08. The third-order valence-electron chi connectivity index (χ3n) is 11.9. The number of hydrogen-bond acceptors (Lipinski definition) is 3. The van der Waals surface area contributed by atoms with E-state index in [9.17, 15) is 0 Å². The van der Waals surface area contributed by atoms with Gasteiger partial charge < -0.3 is 13.7 Å². The maximum absolute atomic E-state index is 6.62. The first kappa shape index (κ1) is 36.9. The van der Waals surface area contributed by atoms with Crippen LogP contribution in [-0.2, 0) is 6.42 Å². The lowest BCUT2D eigenvalue weighted by molar-refractivity contribution is 0.568. The van der Waals surface area contributed by atoms with Gasteiger partial charge in [0.15, 0.2) is 0 Å². The van der Waals surface area contributed by atoms with E-state index in [0.29, 0.717) is 6.54 Å². The van der Waals surface area contributed by atoms with Gasteiger partial charge in [0.1, 0.15) is 22.5 Å². The predicted octanol–water partition coefficient (Wildman–Crippen LogP) is 13.8. The summed E-state index contributed by atoms with van der Waals surface area (Å²) in [4.78, 5) is 2.41. The second kappa shape index (κ2) is 15.8. The number of nitrogens with zero attached hydrogens (tertiary/aromatic N) is 1. The highest BCUT2D eigenvalue weighted by atomic mass is 16.3. The first-order chi connectivity index (χ1) is 29.6. The Bertz CT molecular complexity index is 3360. The molecule has 2 heterocycles. The van der Waals surface area contributed by atoms with Crippen LogP contribution in [0.25, 0.3) is 78.1 Å². The van der Waals surface area contributed by atoms with Gasteiger partial charge in [0.05, 0.1) is 0 Å². The highest BCUT2D eigenvalue weighted by molar-refractivity contribution is 6.06. The molecule has 0 N–H and O–H groups in total. The van der Waals surface area contributed by atoms with Crippen molar-refractivity contribution >= 4 is 72.7 Å². The van der Waals surface area contributed by atoms with Crippen LogP contribution in [0.4, 0.5) is 5.69 Å². The lowest BCUT2D eigenvalue weighted by atomic mass is 9.95. The maximum atomic E-state index is 6.62. The Kier molecular flexibility index (Phi) is 9.71. The summed E-state index contributed by atoms with van der Waals surface area (Å²) in [6.07, 6.45) is 16.4. The molecule has 0 fully saturated rings. The summed E-state index contributed by atoms with van der Waals surface area (Å²) in [5, 5.41) is 8.31. The number of para-hydroxylation sites is 1. The number of rotatable bonds is 9. The standard InChI is InChI=1S/C57H45NO2/c1-4-16-46(51-27-14-29-55-57(51)52-36-43-19-7-6-17-40(43)30-33-54(52)59-55)38(3)58(45-31-32-50-49-25-10-11-28-53(49)60-56(50)37-45)34-15-23-39(5-2)42-21-12-22-44(35-42)48-26-13-20-41-18-8-9-24-47(41)48/h4-32,35-37H,33-34H2,1-3H3/b16-4-,23-15-,39-5+,46-38-. The summed E-state index contributed by atoms with van der Waals surface area (Å²) < 4.78 is 13.1. The highest BCUT2D eigenvalue weighted by Crippen LogP contribution is 2.39. The molecule has 1 aliphatic carbocycles. The van der Waals surface area contributed by atoms with Crippen molar-refractivity contribution in [1.29, 1.82) is 0 Å². The van der Waals surface area contributed by atoms with Gasteiger partial charge in [0.2, 0.25) is 0 Å². The number of furan rings is 2. The molecule has 0 atom stereocenters. The summed E-state index contributed by atoms with van der Waals surface area (Å²) in [7, 11) is 0. The van der Waals surface area contributed by atoms with Gasteiger partial charge in [-0.3, -0.25) is 0 Å². The smallest absolute Gasteiger partial charge is 0.137 e. The van der Waals surface area contributed by atoms with E-state index in [4.69, 9.17) is 8.83 Å². The molecule has 9 aromatic rings. The minimum atomic E-state index is 0.632. The van der Waals surface area contributed by atoms with E-state index in [1.807, 2.05) is 12.1 Å². The van der Waals surface area contributed by atoms with Crippen LogP contribution in [0, 0.1) is 0 Å². The van der Waals surface area contributed by atoms with Crippen molar-refractivity contribution < 1.29 is 8.83 Å². The average molecular weight is 776 g/mol. The fourth-order valence-corrected chi connectivity index (χ4v) is 8.96. The summed E-state index contributed by atoms with van der Waals surface area (Å²) in [5.41, 5.74) is 13.0. The zero-order chi connectivity index (χ0) is 40.6. The van der Waals surface area contributed by atoms with E-state index in [2.05, 4.69) is 208 Å². The van der Waals surface area contributed by atoms with Gasteiger partial charge in [-0.15, -0.1) is 0 Å². The number of anilines is 1. The van der Waals surface area contributed by atoms with Crippen LogP contribution < -0.4 is 15.3 Å². The summed E-state index contributed by atoms with van der Waals surface area (Å²) in [6, 6.07) is 54.0. The Labute approximate surface area is 350 Å². The zero-order valence-corrected chi connectivity index (χ0v) is 34.2. The van der Waals surface area contributed by atoms with Crippen LogP contribution in [0.3, 0.4) is 0 Å². The molecule has 60 heavy (non-hydrogen) atoms. The number of fused-ring (bicyclic) bond motifs is 8. The van der Waals surface area contributed by atoms with E-state index in [1.165, 1.54) is 43.5 Å². The molecule has 290 valence electrons. The second-order valence-electron chi connectivity index (χ2n) is 15.4. The number of allylic oxidation sites excluding steroid dienone is 7. The lowest BCUT2D eigenvalue weighted by Crippen LogP contribution is -2.23. The third kappa shape index (κ3) is 6.68. The first-order valence-corrected chi connectivity index (χ1v) is 20.8. The largest absolute Gasteiger partial charge is 0.460 e. The van der Waals surface area contributed by atoms with Gasteiger partial charge in [-0.05, 0) is 106 Å². The van der Waals surface area contributed by atoms with Crippen LogP contribution in [-0.4, -0.2) is 6.54 Å². The molecule has 3 heteroatoms. The van der Waals surface area contributed by atoms with Gasteiger partial charge in [-0.2, -0.15) is 0 Å². The molecule has 0 saturated carbocycles. The van der Waals surface area contributed by atoms with Crippen LogP contribution in [0.15, 0.2) is 197 Å². The Morgan fingerprint density at radius 3 is 2.28 bits per heavy atom. The quantitative estimate of drug-likeness (QED) is 0.137. The Hall–Kier alpha value is -7.36. The van der Waals surface area contributed by atoms with Crippen molar-refractivity contribution in [3.05, 3.63) is 221 Å². The minimum Gasteiger partial charge on any atom is -0.460 e. The fourth-order valence-electron chi connectivity index (χ4n) is 8.96. The predicted molar refractivity (Wildman–Crippen MR) is 254 cm³/mol. The summed E-state index contributed by atoms with van der Waals surface area (Å²) in [5.74, 6) is 0.990. The lowest BCUT2D eigenvalue weighted by Gasteiger charge is -2.27. The molecule has 10 rings (SSSR count). The van der Waals surface area contributed by atoms with Crippen LogP contribution in [0.5, 0.6) is 0 Å². The van der Waals surface area contributed by atoms with Crippen LogP contribution >= 0.6 is 0 Å². The summed E-state index contributed by atoms with van der Waals surface area (Å²) >= 11 is 0. The maximum Gasteiger partial charge on any atom is 0.137 e. The molecule has 0 aliphatic heterocycles. The molecule has 3 nitrogen and oxygen atoms in total. The van der Waals surface area contributed by atoms with E-state index < -0.39 is 0 Å². The molecule has 0 bridgehead atoms. The normalized spacial score (nSPS) is 13.4. The highest BCUT2D eigenvalue weighted by Gasteiger charge is 2.21. The van der Waals surface area contributed by atoms with Crippen molar-refractivity contribution in [3.8, 4) is 11.1 Å². The van der Waals surface area contributed by atoms with Crippen molar-refractivity contribution in [1.82, 2.24) is 0 Å². The minimum absolute atomic E-state index is 0.632. The molecular formula is C57H45NO2. The van der Waals surface area contributed by atoms with Gasteiger partial charge in [0.25, 0.3) is 0 Å². The third-order valence-corrected chi connectivity index (χ3v) is 11.9. The second-order valence-corrected chi connectivity index (χ2v) is 15.4. The van der Waals surface area contributed by atoms with Crippen molar-refractivity contribution in [2.45, 2.75) is 27.2 Å². The van der Waals surface area contributed by atoms with Crippen LogP contribution in [0.2, 0.25) is 0 Å². The van der Waals surface area contributed by atoms with Crippen molar-refractivity contribution in [3.63, 3.8) is 0 Å². The Balaban J connectivity index is 1.08. The Morgan fingerprint density at radius 2 is 1.40 bits per heavy atom. The molecule has 0 unspecified atom stereocenters. The van der Waals surface area contributed by atoms with Gasteiger partial charge >= 0.3 is 0 Å². The van der Waals surface area contributed by atoms with Crippen molar-refractivity contribution in [2.24, 2.45) is 0 Å². The SMILES string of the molecule is C/C=C\C(=C(/C)N(C/C=C\C(=C/C)c1cccc(-c2cccc3ccccc23)c1)c1ccc2c(c1)oc1ccccc12)c1cccc2oc3c(c12)C=c1ccccc1=CC3. The van der Waals surface area contributed by atoms with Crippen molar-refractivity contribution in [2.75, 3.05) is 11.4 Å². The molecule has 1 aliphatic rings.